The number of benzene rings is 3. The summed E-state index contributed by atoms with van der Waals surface area (Å²) in [5, 5.41) is 22.7. The van der Waals surface area contributed by atoms with Crippen molar-refractivity contribution in [3.05, 3.63) is 101 Å². The van der Waals surface area contributed by atoms with E-state index < -0.39 is 6.29 Å². The van der Waals surface area contributed by atoms with Crippen molar-refractivity contribution >= 4 is 17.8 Å². The summed E-state index contributed by atoms with van der Waals surface area (Å²) < 4.78 is 12.9. The summed E-state index contributed by atoms with van der Waals surface area (Å²) in [4.78, 5) is 16.1. The number of ether oxygens (including phenoxy) is 2. The van der Waals surface area contributed by atoms with E-state index in [1.165, 1.54) is 6.33 Å². The van der Waals surface area contributed by atoms with Gasteiger partial charge in [-0.15, -0.1) is 0 Å². The zero-order chi connectivity index (χ0) is 27.7. The summed E-state index contributed by atoms with van der Waals surface area (Å²) in [6.07, 6.45) is 1.42. The first-order valence-corrected chi connectivity index (χ1v) is 14.3. The minimum atomic E-state index is -0.541. The molecular weight excluding hydrogens is 526 g/mol. The van der Waals surface area contributed by atoms with E-state index in [2.05, 4.69) is 44.0 Å². The van der Waals surface area contributed by atoms with E-state index in [1.54, 1.807) is 11.8 Å². The third-order valence-electron chi connectivity index (χ3n) is 6.70. The largest absolute Gasteiger partial charge is 0.392 e. The van der Waals surface area contributed by atoms with Crippen LogP contribution >= 0.6 is 11.8 Å². The second-order valence-electron chi connectivity index (χ2n) is 9.44. The number of amides is 2. The summed E-state index contributed by atoms with van der Waals surface area (Å²) in [5.41, 5.74) is 5.96. The Morgan fingerprint density at radius 1 is 1.02 bits per heavy atom. The van der Waals surface area contributed by atoms with Gasteiger partial charge in [-0.2, -0.15) is 5.10 Å². The highest BCUT2D eigenvalue weighted by atomic mass is 32.2. The maximum Gasteiger partial charge on any atom is 0.315 e. The average Bonchev–Trinajstić information content (AvgIpc) is 3.53. The monoisotopic (exact) mass is 559 g/mol. The van der Waals surface area contributed by atoms with E-state index in [9.17, 15) is 9.90 Å². The molecule has 2 amide bonds. The summed E-state index contributed by atoms with van der Waals surface area (Å²) >= 11 is 1.57. The molecule has 0 saturated carbocycles. The molecule has 1 aliphatic rings. The van der Waals surface area contributed by atoms with Crippen molar-refractivity contribution in [2.75, 3.05) is 12.3 Å². The maximum atomic E-state index is 11.9. The van der Waals surface area contributed by atoms with E-state index >= 15 is 0 Å². The Morgan fingerprint density at radius 2 is 1.80 bits per heavy atom. The third-order valence-corrected chi connectivity index (χ3v) is 7.71. The minimum Gasteiger partial charge on any atom is -0.392 e. The normalized spacial score (nSPS) is 18.8. The second-order valence-corrected chi connectivity index (χ2v) is 10.5. The highest BCUT2D eigenvalue weighted by Gasteiger charge is 2.32. The lowest BCUT2D eigenvalue weighted by Crippen LogP contribution is -2.34. The fourth-order valence-electron chi connectivity index (χ4n) is 4.63. The van der Waals surface area contributed by atoms with Gasteiger partial charge >= 0.3 is 6.03 Å². The molecule has 3 aromatic carbocycles. The van der Waals surface area contributed by atoms with E-state index in [1.807, 2.05) is 61.5 Å². The van der Waals surface area contributed by atoms with Crippen molar-refractivity contribution in [2.45, 2.75) is 50.2 Å². The molecule has 1 saturated heterocycles. The molecule has 1 fully saturated rings. The number of H-pyrrole nitrogens is 1. The van der Waals surface area contributed by atoms with E-state index in [4.69, 9.17) is 9.47 Å². The van der Waals surface area contributed by atoms with Crippen LogP contribution in [0.15, 0.2) is 84.3 Å². The number of hydrogen-bond donors (Lipinski definition) is 4. The Bertz CT molecular complexity index is 1370. The van der Waals surface area contributed by atoms with Crippen molar-refractivity contribution in [2.24, 2.45) is 0 Å². The maximum absolute atomic E-state index is 11.9. The predicted octanol–water partition coefficient (Wildman–Crippen LogP) is 5.12. The molecule has 3 atom stereocenters. The number of thioether (sulfide) groups is 1. The summed E-state index contributed by atoms with van der Waals surface area (Å²) in [6.45, 7) is 2.90. The van der Waals surface area contributed by atoms with Crippen LogP contribution in [0.25, 0.3) is 11.1 Å². The number of nitrogens with zero attached hydrogens (tertiary/aromatic N) is 2. The van der Waals surface area contributed by atoms with Crippen molar-refractivity contribution < 1.29 is 19.4 Å². The first-order chi connectivity index (χ1) is 19.6. The van der Waals surface area contributed by atoms with Crippen LogP contribution in [-0.4, -0.2) is 44.7 Å². The molecule has 2 heterocycles. The second kappa shape index (κ2) is 13.6. The van der Waals surface area contributed by atoms with E-state index in [0.29, 0.717) is 25.3 Å². The molecule has 0 bridgehead atoms. The van der Waals surface area contributed by atoms with Gasteiger partial charge in [0.2, 0.25) is 0 Å². The van der Waals surface area contributed by atoms with Crippen LogP contribution in [0.4, 0.5) is 4.79 Å². The van der Waals surface area contributed by atoms with Crippen LogP contribution in [0, 0.1) is 0 Å². The molecule has 208 valence electrons. The number of aromatic amines is 1. The van der Waals surface area contributed by atoms with Gasteiger partial charge < -0.3 is 25.2 Å². The number of aliphatic hydroxyl groups excluding tert-OH is 1. The van der Waals surface area contributed by atoms with Gasteiger partial charge in [0, 0.05) is 30.8 Å². The van der Waals surface area contributed by atoms with Gasteiger partial charge in [0.25, 0.3) is 0 Å². The highest BCUT2D eigenvalue weighted by molar-refractivity contribution is 7.99. The number of urea groups is 1. The quantitative estimate of drug-likeness (QED) is 0.199. The van der Waals surface area contributed by atoms with Crippen LogP contribution in [0.1, 0.15) is 48.0 Å². The Morgan fingerprint density at radius 3 is 2.52 bits per heavy atom. The smallest absolute Gasteiger partial charge is 0.315 e. The van der Waals surface area contributed by atoms with Crippen molar-refractivity contribution in [1.82, 2.24) is 25.8 Å². The number of aromatic nitrogens is 3. The molecule has 5 rings (SSSR count). The number of nitrogens with one attached hydrogen (secondary N) is 3. The van der Waals surface area contributed by atoms with E-state index in [0.717, 1.165) is 38.5 Å². The van der Waals surface area contributed by atoms with Crippen LogP contribution in [-0.2, 0) is 22.6 Å². The molecule has 3 unspecified atom stereocenters. The molecule has 1 aliphatic heterocycles. The fourth-order valence-corrected chi connectivity index (χ4v) is 5.43. The number of carbonyl (C=O) groups excluding carboxylic acids is 1. The van der Waals surface area contributed by atoms with Gasteiger partial charge in [0.15, 0.2) is 11.4 Å². The molecule has 0 spiro atoms. The number of aliphatic hydroxyl groups is 1. The van der Waals surface area contributed by atoms with Gasteiger partial charge in [0.05, 0.1) is 18.8 Å². The Balaban J connectivity index is 1.33. The molecule has 4 N–H and O–H groups in total. The number of hydrogen-bond acceptors (Lipinski definition) is 7. The Hall–Kier alpha value is -3.70. The average molecular weight is 560 g/mol. The topological polar surface area (TPSA) is 121 Å². The van der Waals surface area contributed by atoms with Crippen LogP contribution < -0.4 is 10.6 Å². The summed E-state index contributed by atoms with van der Waals surface area (Å²) in [5.74, 6) is 0.699. The predicted molar refractivity (Wildman–Crippen MR) is 153 cm³/mol. The van der Waals surface area contributed by atoms with Crippen molar-refractivity contribution in [1.29, 1.82) is 0 Å². The lowest BCUT2D eigenvalue weighted by atomic mass is 9.98. The Kier molecular flexibility index (Phi) is 9.46. The van der Waals surface area contributed by atoms with Crippen LogP contribution in [0.5, 0.6) is 0 Å². The van der Waals surface area contributed by atoms with Gasteiger partial charge in [-0.1, -0.05) is 84.6 Å². The molecular formula is C30H33N5O4S. The molecule has 40 heavy (non-hydrogen) atoms. The zero-order valence-electron chi connectivity index (χ0n) is 22.2. The molecule has 4 aromatic rings. The summed E-state index contributed by atoms with van der Waals surface area (Å²) in [6, 6.07) is 23.9. The lowest BCUT2D eigenvalue weighted by molar-refractivity contribution is -0.245. The standard InChI is InChI=1S/C30H33N5O4S/c1-2-31-29(37)32-16-24-5-3-4-6-26(24)21-11-13-23(14-12-21)28-38-25(18-40-30-33-19-34-35-30)15-27(39-28)22-9-7-20(17-36)8-10-22/h3-14,19,25,27-28,36H,2,15-18H2,1H3,(H2,31,32,37)(H,33,34,35). The Labute approximate surface area is 237 Å². The lowest BCUT2D eigenvalue weighted by Gasteiger charge is -2.36. The third kappa shape index (κ3) is 7.08. The summed E-state index contributed by atoms with van der Waals surface area (Å²) in [7, 11) is 0. The van der Waals surface area contributed by atoms with Gasteiger partial charge in [-0.25, -0.2) is 9.78 Å². The van der Waals surface area contributed by atoms with Crippen molar-refractivity contribution in [3.8, 4) is 11.1 Å². The molecule has 0 radical (unpaired) electrons. The fraction of sp³-hybridized carbons (Fsp3) is 0.300. The van der Waals surface area contributed by atoms with Gasteiger partial charge in [-0.3, -0.25) is 5.10 Å². The molecule has 10 heteroatoms. The van der Waals surface area contributed by atoms with E-state index in [-0.39, 0.29) is 24.8 Å². The molecule has 0 aliphatic carbocycles. The van der Waals surface area contributed by atoms with Crippen molar-refractivity contribution in [3.63, 3.8) is 0 Å². The first-order valence-electron chi connectivity index (χ1n) is 13.3. The van der Waals surface area contributed by atoms with Gasteiger partial charge in [-0.05, 0) is 34.7 Å². The first kappa shape index (κ1) is 27.9. The molecule has 9 nitrogen and oxygen atoms in total. The zero-order valence-corrected chi connectivity index (χ0v) is 23.1. The molecule has 1 aromatic heterocycles. The van der Waals surface area contributed by atoms with Gasteiger partial charge in [0.1, 0.15) is 6.33 Å². The van der Waals surface area contributed by atoms with Crippen LogP contribution in [0.3, 0.4) is 0 Å². The minimum absolute atomic E-state index is 0.00542. The van der Waals surface area contributed by atoms with Crippen LogP contribution in [0.2, 0.25) is 0 Å². The highest BCUT2D eigenvalue weighted by Crippen LogP contribution is 2.39. The number of carbonyl (C=O) groups is 1. The SMILES string of the molecule is CCNC(=O)NCc1ccccc1-c1ccc(C2OC(CSc3ncn[nH]3)CC(c3ccc(CO)cc3)O2)cc1. The number of rotatable bonds is 10.